The normalized spacial score (nSPS) is 11.8. The smallest absolute Gasteiger partial charge is 0.292 e. The van der Waals surface area contributed by atoms with Crippen LogP contribution in [0.1, 0.15) is 5.56 Å². The summed E-state index contributed by atoms with van der Waals surface area (Å²) in [4.78, 5) is 2.14. The fourth-order valence-electron chi connectivity index (χ4n) is 3.72. The number of hydrogen-bond donors (Lipinski definition) is 0. The van der Waals surface area contributed by atoms with E-state index < -0.39 is 0 Å². The average Bonchev–Trinajstić information content (AvgIpc) is 3.00. The molecular formula is C22H20N3+. The first-order valence-corrected chi connectivity index (χ1v) is 8.58. The Morgan fingerprint density at radius 1 is 0.840 bits per heavy atom. The molecule has 0 atom stereocenters. The topological polar surface area (TPSA) is 11.8 Å². The lowest BCUT2D eigenvalue weighted by Gasteiger charge is -2.12. The number of hydrogen-bond acceptors (Lipinski definition) is 1. The van der Waals surface area contributed by atoms with Crippen molar-refractivity contribution >= 4 is 38.7 Å². The fourth-order valence-corrected chi connectivity index (χ4v) is 3.72. The van der Waals surface area contributed by atoms with Crippen LogP contribution in [0.2, 0.25) is 0 Å². The Balaban J connectivity index is 1.95. The van der Waals surface area contributed by atoms with Crippen molar-refractivity contribution in [1.82, 2.24) is 4.40 Å². The van der Waals surface area contributed by atoms with E-state index in [1.165, 1.54) is 44.2 Å². The van der Waals surface area contributed by atoms with Gasteiger partial charge in [-0.2, -0.15) is 8.80 Å². The van der Waals surface area contributed by atoms with E-state index in [2.05, 4.69) is 102 Å². The summed E-state index contributed by atoms with van der Waals surface area (Å²) in [6.45, 7) is 2.15. The van der Waals surface area contributed by atoms with Crippen molar-refractivity contribution in [2.75, 3.05) is 19.0 Å². The Labute approximate surface area is 146 Å². The van der Waals surface area contributed by atoms with Crippen molar-refractivity contribution in [2.24, 2.45) is 0 Å². The Morgan fingerprint density at radius 3 is 2.48 bits per heavy atom. The van der Waals surface area contributed by atoms with E-state index in [4.69, 9.17) is 0 Å². The Kier molecular flexibility index (Phi) is 2.84. The number of nitrogens with zero attached hydrogens (tertiary/aromatic N) is 3. The molecule has 3 heterocycles. The first kappa shape index (κ1) is 14.3. The number of aryl methyl sites for hydroxylation is 1. The van der Waals surface area contributed by atoms with Crippen molar-refractivity contribution in [1.29, 1.82) is 0 Å². The highest BCUT2D eigenvalue weighted by Gasteiger charge is 2.17. The molecule has 0 radical (unpaired) electrons. The molecule has 3 aromatic heterocycles. The van der Waals surface area contributed by atoms with E-state index in [0.29, 0.717) is 0 Å². The van der Waals surface area contributed by atoms with Crippen molar-refractivity contribution in [3.8, 4) is 0 Å². The minimum absolute atomic E-state index is 1.19. The van der Waals surface area contributed by atoms with Gasteiger partial charge in [-0.25, -0.2) is 0 Å². The molecule has 0 bridgehead atoms. The van der Waals surface area contributed by atoms with Crippen LogP contribution in [0.4, 0.5) is 5.69 Å². The van der Waals surface area contributed by atoms with Gasteiger partial charge in [-0.3, -0.25) is 0 Å². The highest BCUT2D eigenvalue weighted by molar-refractivity contribution is 5.88. The lowest BCUT2D eigenvalue weighted by Crippen LogP contribution is -2.19. The largest absolute Gasteiger partial charge is 0.378 e. The summed E-state index contributed by atoms with van der Waals surface area (Å²) in [7, 11) is 4.16. The van der Waals surface area contributed by atoms with Gasteiger partial charge in [0.1, 0.15) is 17.2 Å². The van der Waals surface area contributed by atoms with Crippen molar-refractivity contribution in [3.63, 3.8) is 0 Å². The van der Waals surface area contributed by atoms with E-state index in [-0.39, 0.29) is 0 Å². The molecule has 5 rings (SSSR count). The van der Waals surface area contributed by atoms with E-state index in [1.54, 1.807) is 0 Å². The molecule has 0 aliphatic carbocycles. The van der Waals surface area contributed by atoms with Gasteiger partial charge in [-0.15, -0.1) is 0 Å². The third-order valence-corrected chi connectivity index (χ3v) is 5.05. The van der Waals surface area contributed by atoms with Gasteiger partial charge in [0.25, 0.3) is 5.65 Å². The van der Waals surface area contributed by atoms with E-state index >= 15 is 0 Å². The maximum atomic E-state index is 2.34. The third-order valence-electron chi connectivity index (χ3n) is 5.05. The first-order valence-electron chi connectivity index (χ1n) is 8.58. The predicted molar refractivity (Wildman–Crippen MR) is 105 cm³/mol. The quantitative estimate of drug-likeness (QED) is 0.417. The zero-order chi connectivity index (χ0) is 17.1. The number of imidazole rings is 1. The number of anilines is 1. The van der Waals surface area contributed by atoms with Crippen LogP contribution in [-0.4, -0.2) is 18.5 Å². The molecule has 0 saturated heterocycles. The maximum Gasteiger partial charge on any atom is 0.292 e. The Morgan fingerprint density at radius 2 is 1.64 bits per heavy atom. The highest BCUT2D eigenvalue weighted by atomic mass is 15.1. The van der Waals surface area contributed by atoms with Crippen LogP contribution < -0.4 is 9.30 Å². The number of fused-ring (bicyclic) bond motifs is 7. The lowest BCUT2D eigenvalue weighted by atomic mass is 10.1. The molecule has 2 aromatic carbocycles. The van der Waals surface area contributed by atoms with Gasteiger partial charge in [0.15, 0.2) is 5.52 Å². The lowest BCUT2D eigenvalue weighted by molar-refractivity contribution is -0.479. The predicted octanol–water partition coefficient (Wildman–Crippen LogP) is 4.36. The maximum absolute atomic E-state index is 2.34. The molecule has 3 heteroatoms. The Hall–Kier alpha value is -3.07. The molecule has 0 N–H and O–H groups in total. The number of pyridine rings is 2. The van der Waals surface area contributed by atoms with Crippen LogP contribution >= 0.6 is 0 Å². The van der Waals surface area contributed by atoms with Gasteiger partial charge >= 0.3 is 0 Å². The van der Waals surface area contributed by atoms with Crippen LogP contribution in [0.15, 0.2) is 66.9 Å². The number of benzene rings is 2. The van der Waals surface area contributed by atoms with Crippen molar-refractivity contribution in [3.05, 3.63) is 72.4 Å². The van der Waals surface area contributed by atoms with Gasteiger partial charge in [0.2, 0.25) is 0 Å². The van der Waals surface area contributed by atoms with Crippen LogP contribution in [0.25, 0.3) is 33.0 Å². The van der Waals surface area contributed by atoms with Crippen molar-refractivity contribution < 1.29 is 4.40 Å². The SMILES string of the molecule is Cc1ccc2ccc3n4c(ccc5cc(N(C)C)ccc54)c[n+]3c2c1. The second-order valence-electron chi connectivity index (χ2n) is 6.98. The molecule has 25 heavy (non-hydrogen) atoms. The molecule has 0 aliphatic heterocycles. The standard InChI is InChI=1S/C22H20N3/c1-15-4-5-16-7-11-22-24(21(16)12-15)14-19-8-6-17-13-18(23(2)3)9-10-20(17)25(19)22/h4-14H,1-3H3/q+1. The molecular weight excluding hydrogens is 306 g/mol. The molecule has 0 saturated carbocycles. The van der Waals surface area contributed by atoms with Gasteiger partial charge in [-0.05, 0) is 55.0 Å². The summed E-state index contributed by atoms with van der Waals surface area (Å²) in [5.74, 6) is 0. The number of rotatable bonds is 1. The van der Waals surface area contributed by atoms with Gasteiger partial charge in [0, 0.05) is 36.6 Å². The zero-order valence-electron chi connectivity index (χ0n) is 14.7. The van der Waals surface area contributed by atoms with Gasteiger partial charge in [0.05, 0.1) is 0 Å². The molecule has 5 aromatic rings. The zero-order valence-corrected chi connectivity index (χ0v) is 14.7. The van der Waals surface area contributed by atoms with Crippen LogP contribution in [0.5, 0.6) is 0 Å². The summed E-state index contributed by atoms with van der Waals surface area (Å²) in [5.41, 5.74) is 7.38. The third kappa shape index (κ3) is 2.02. The Bertz CT molecular complexity index is 1280. The molecule has 122 valence electrons. The monoisotopic (exact) mass is 326 g/mol. The minimum atomic E-state index is 1.19. The van der Waals surface area contributed by atoms with E-state index in [0.717, 1.165) is 0 Å². The molecule has 0 fully saturated rings. The molecule has 3 nitrogen and oxygen atoms in total. The van der Waals surface area contributed by atoms with Crippen molar-refractivity contribution in [2.45, 2.75) is 6.92 Å². The average molecular weight is 326 g/mol. The summed E-state index contributed by atoms with van der Waals surface area (Å²) in [6, 6.07) is 22.1. The fraction of sp³-hybridized carbons (Fsp3) is 0.136. The highest BCUT2D eigenvalue weighted by Crippen LogP contribution is 2.24. The second-order valence-corrected chi connectivity index (χ2v) is 6.98. The first-order chi connectivity index (χ1) is 12.1. The van der Waals surface area contributed by atoms with E-state index in [9.17, 15) is 0 Å². The molecule has 0 aliphatic rings. The molecule has 0 unspecified atom stereocenters. The number of aromatic nitrogens is 2. The second kappa shape index (κ2) is 4.96. The summed E-state index contributed by atoms with van der Waals surface area (Å²) >= 11 is 0. The summed E-state index contributed by atoms with van der Waals surface area (Å²) in [6.07, 6.45) is 2.23. The minimum Gasteiger partial charge on any atom is -0.378 e. The summed E-state index contributed by atoms with van der Waals surface area (Å²) in [5, 5.41) is 2.51. The summed E-state index contributed by atoms with van der Waals surface area (Å²) < 4.78 is 4.65. The van der Waals surface area contributed by atoms with Crippen LogP contribution in [0, 0.1) is 6.92 Å². The van der Waals surface area contributed by atoms with E-state index in [1.807, 2.05) is 0 Å². The van der Waals surface area contributed by atoms with Gasteiger partial charge < -0.3 is 4.90 Å². The van der Waals surface area contributed by atoms with Gasteiger partial charge in [-0.1, -0.05) is 12.1 Å². The van der Waals surface area contributed by atoms with Crippen LogP contribution in [0.3, 0.4) is 0 Å². The molecule has 0 spiro atoms. The molecule has 0 amide bonds. The van der Waals surface area contributed by atoms with Crippen LogP contribution in [-0.2, 0) is 0 Å².